The zero-order valence-corrected chi connectivity index (χ0v) is 9.97. The molecule has 0 spiro atoms. The topological polar surface area (TPSA) is 21.3 Å². The molecule has 3 heteroatoms. The summed E-state index contributed by atoms with van der Waals surface area (Å²) in [7, 11) is 3.59. The molecule has 0 saturated carbocycles. The van der Waals surface area contributed by atoms with E-state index in [1.54, 1.807) is 7.11 Å². The maximum Gasteiger partial charge on any atom is 0.120 e. The first-order valence-corrected chi connectivity index (χ1v) is 5.22. The van der Waals surface area contributed by atoms with Gasteiger partial charge in [0.25, 0.3) is 0 Å². The van der Waals surface area contributed by atoms with Crippen LogP contribution < -0.4 is 10.1 Å². The molecule has 0 saturated heterocycles. The molecule has 0 radical (unpaired) electrons. The minimum atomic E-state index is 0.864. The van der Waals surface area contributed by atoms with Crippen LogP contribution in [0.1, 0.15) is 5.56 Å². The Balaban J connectivity index is 2.78. The predicted octanol–water partition coefficient (Wildman–Crippen LogP) is 2.69. The van der Waals surface area contributed by atoms with Gasteiger partial charge in [-0.05, 0) is 24.7 Å². The molecule has 0 bridgehead atoms. The Kier molecular flexibility index (Phi) is 4.70. The van der Waals surface area contributed by atoms with E-state index in [1.165, 1.54) is 0 Å². The van der Waals surface area contributed by atoms with E-state index in [0.29, 0.717) is 0 Å². The Bertz CT molecular complexity index is 323. The third-order valence-corrected chi connectivity index (χ3v) is 2.51. The highest BCUT2D eigenvalue weighted by Gasteiger charge is 1.97. The monoisotopic (exact) mass is 255 g/mol. The van der Waals surface area contributed by atoms with Gasteiger partial charge < -0.3 is 10.1 Å². The second-order valence-electron chi connectivity index (χ2n) is 2.85. The van der Waals surface area contributed by atoms with Gasteiger partial charge in [-0.2, -0.15) is 0 Å². The summed E-state index contributed by atoms with van der Waals surface area (Å²) in [6, 6.07) is 5.93. The molecular formula is C11H14BrNO. The van der Waals surface area contributed by atoms with Gasteiger partial charge in [-0.15, -0.1) is 0 Å². The van der Waals surface area contributed by atoms with Crippen LogP contribution in [0.15, 0.2) is 28.7 Å². The molecule has 0 atom stereocenters. The van der Waals surface area contributed by atoms with Crippen LogP contribution in [0, 0.1) is 0 Å². The van der Waals surface area contributed by atoms with Crippen LogP contribution in [0.4, 0.5) is 0 Å². The first-order chi connectivity index (χ1) is 6.77. The van der Waals surface area contributed by atoms with Crippen LogP contribution >= 0.6 is 15.9 Å². The Morgan fingerprint density at radius 3 is 2.86 bits per heavy atom. The number of halogens is 1. The molecule has 0 aliphatic carbocycles. The lowest BCUT2D eigenvalue weighted by Crippen LogP contribution is -2.03. The molecule has 0 fully saturated rings. The van der Waals surface area contributed by atoms with Crippen molar-refractivity contribution in [2.45, 2.75) is 0 Å². The minimum absolute atomic E-state index is 0.864. The second kappa shape index (κ2) is 5.83. The average molecular weight is 256 g/mol. The highest BCUT2D eigenvalue weighted by atomic mass is 79.9. The van der Waals surface area contributed by atoms with Crippen molar-refractivity contribution < 1.29 is 4.74 Å². The second-order valence-corrected chi connectivity index (χ2v) is 3.70. The summed E-state index contributed by atoms with van der Waals surface area (Å²) in [5.74, 6) is 0.864. The lowest BCUT2D eigenvalue weighted by Gasteiger charge is -2.02. The van der Waals surface area contributed by atoms with Gasteiger partial charge in [-0.3, -0.25) is 0 Å². The van der Waals surface area contributed by atoms with Crippen LogP contribution in [0.3, 0.4) is 0 Å². The zero-order chi connectivity index (χ0) is 10.4. The van der Waals surface area contributed by atoms with Crippen molar-refractivity contribution in [3.05, 3.63) is 34.3 Å². The Morgan fingerprint density at radius 1 is 1.50 bits per heavy atom. The third-order valence-electron chi connectivity index (χ3n) is 1.83. The Hall–Kier alpha value is -0.800. The van der Waals surface area contributed by atoms with Crippen LogP contribution in [-0.4, -0.2) is 20.7 Å². The summed E-state index contributed by atoms with van der Waals surface area (Å²) >= 11 is 3.49. The summed E-state index contributed by atoms with van der Waals surface area (Å²) in [6.45, 7) is 0.873. The molecule has 1 aromatic carbocycles. The van der Waals surface area contributed by atoms with Gasteiger partial charge in [0, 0.05) is 11.0 Å². The molecule has 14 heavy (non-hydrogen) atoms. The molecule has 1 N–H and O–H groups in total. The Labute approximate surface area is 93.1 Å². The number of rotatable bonds is 4. The van der Waals surface area contributed by atoms with Gasteiger partial charge in [-0.25, -0.2) is 0 Å². The van der Waals surface area contributed by atoms with Crippen molar-refractivity contribution in [3.8, 4) is 5.75 Å². The number of nitrogens with one attached hydrogen (secondary N) is 1. The predicted molar refractivity (Wildman–Crippen MR) is 63.7 cm³/mol. The average Bonchev–Trinajstić information content (AvgIpc) is 2.20. The molecule has 1 rings (SSSR count). The largest absolute Gasteiger partial charge is 0.497 e. The fraction of sp³-hybridized carbons (Fsp3) is 0.273. The molecule has 2 nitrogen and oxygen atoms in total. The molecule has 0 heterocycles. The standard InChI is InChI=1S/C11H14BrNO/c1-13-7-3-4-9-5-6-10(14-2)8-11(9)12/h3-6,8,13H,7H2,1-2H3. The number of methoxy groups -OCH3 is 1. The van der Waals surface area contributed by atoms with Gasteiger partial charge in [0.2, 0.25) is 0 Å². The van der Waals surface area contributed by atoms with E-state index in [9.17, 15) is 0 Å². The highest BCUT2D eigenvalue weighted by molar-refractivity contribution is 9.10. The van der Waals surface area contributed by atoms with Crippen LogP contribution in [0.25, 0.3) is 6.08 Å². The molecule has 0 aliphatic rings. The SMILES string of the molecule is CNCC=Cc1ccc(OC)cc1Br. The van der Waals surface area contributed by atoms with Crippen LogP contribution in [0.5, 0.6) is 5.75 Å². The maximum atomic E-state index is 5.11. The zero-order valence-electron chi connectivity index (χ0n) is 8.38. The van der Waals surface area contributed by atoms with Crippen molar-refractivity contribution in [2.75, 3.05) is 20.7 Å². The maximum absolute atomic E-state index is 5.11. The molecule has 76 valence electrons. The van der Waals surface area contributed by atoms with E-state index in [0.717, 1.165) is 22.3 Å². The third kappa shape index (κ3) is 3.16. The van der Waals surface area contributed by atoms with E-state index in [4.69, 9.17) is 4.74 Å². The molecule has 0 aromatic heterocycles. The molecule has 0 aliphatic heterocycles. The summed E-state index contributed by atoms with van der Waals surface area (Å²) in [6.07, 6.45) is 4.15. The number of benzene rings is 1. The van der Waals surface area contributed by atoms with E-state index in [1.807, 2.05) is 25.2 Å². The van der Waals surface area contributed by atoms with Gasteiger partial charge in [-0.1, -0.05) is 34.1 Å². The van der Waals surface area contributed by atoms with Crippen molar-refractivity contribution in [1.82, 2.24) is 5.32 Å². The fourth-order valence-electron chi connectivity index (χ4n) is 1.07. The summed E-state index contributed by atoms with van der Waals surface area (Å²) in [4.78, 5) is 0. The first-order valence-electron chi connectivity index (χ1n) is 4.42. The summed E-state index contributed by atoms with van der Waals surface area (Å²) in [5, 5.41) is 3.05. The van der Waals surface area contributed by atoms with Crippen molar-refractivity contribution in [1.29, 1.82) is 0 Å². The van der Waals surface area contributed by atoms with E-state index < -0.39 is 0 Å². The van der Waals surface area contributed by atoms with Crippen LogP contribution in [0.2, 0.25) is 0 Å². The molecule has 1 aromatic rings. The normalized spacial score (nSPS) is 10.8. The smallest absolute Gasteiger partial charge is 0.120 e. The Morgan fingerprint density at radius 2 is 2.29 bits per heavy atom. The molecule has 0 amide bonds. The van der Waals surface area contributed by atoms with Crippen molar-refractivity contribution in [3.63, 3.8) is 0 Å². The highest BCUT2D eigenvalue weighted by Crippen LogP contribution is 2.23. The van der Waals surface area contributed by atoms with Gasteiger partial charge in [0.15, 0.2) is 0 Å². The van der Waals surface area contributed by atoms with E-state index in [-0.39, 0.29) is 0 Å². The van der Waals surface area contributed by atoms with Gasteiger partial charge >= 0.3 is 0 Å². The fourth-order valence-corrected chi connectivity index (χ4v) is 1.56. The quantitative estimate of drug-likeness (QED) is 0.894. The van der Waals surface area contributed by atoms with E-state index in [2.05, 4.69) is 33.4 Å². The molecule has 0 unspecified atom stereocenters. The summed E-state index contributed by atoms with van der Waals surface area (Å²) < 4.78 is 6.15. The van der Waals surface area contributed by atoms with Gasteiger partial charge in [0.1, 0.15) is 5.75 Å². The first kappa shape index (κ1) is 11.3. The van der Waals surface area contributed by atoms with Gasteiger partial charge in [0.05, 0.1) is 7.11 Å². The minimum Gasteiger partial charge on any atom is -0.497 e. The van der Waals surface area contributed by atoms with Crippen LogP contribution in [-0.2, 0) is 0 Å². The molecular weight excluding hydrogens is 242 g/mol. The number of hydrogen-bond acceptors (Lipinski definition) is 2. The van der Waals surface area contributed by atoms with Crippen molar-refractivity contribution >= 4 is 22.0 Å². The number of likely N-dealkylation sites (N-methyl/N-ethyl adjacent to an activating group) is 1. The van der Waals surface area contributed by atoms with E-state index >= 15 is 0 Å². The number of hydrogen-bond donors (Lipinski definition) is 1. The number of ether oxygens (including phenoxy) is 1. The lowest BCUT2D eigenvalue weighted by atomic mass is 10.2. The van der Waals surface area contributed by atoms with Crippen molar-refractivity contribution in [2.24, 2.45) is 0 Å². The lowest BCUT2D eigenvalue weighted by molar-refractivity contribution is 0.414. The summed E-state index contributed by atoms with van der Waals surface area (Å²) in [5.41, 5.74) is 1.15.